The van der Waals surface area contributed by atoms with E-state index in [9.17, 15) is 14.0 Å². The van der Waals surface area contributed by atoms with Crippen molar-refractivity contribution < 1.29 is 19.1 Å². The van der Waals surface area contributed by atoms with Gasteiger partial charge in [-0.05, 0) is 19.1 Å². The molecule has 0 heterocycles. The SMILES string of the molecule is CC(=O)c1c(F)cccc1NCCC(=O)O. The maximum atomic E-state index is 13.3. The second-order valence-corrected chi connectivity index (χ2v) is 3.29. The van der Waals surface area contributed by atoms with Gasteiger partial charge >= 0.3 is 5.97 Å². The monoisotopic (exact) mass is 225 g/mol. The van der Waals surface area contributed by atoms with Gasteiger partial charge in [-0.2, -0.15) is 0 Å². The van der Waals surface area contributed by atoms with Crippen molar-refractivity contribution >= 4 is 17.4 Å². The molecular formula is C11H12FNO3. The van der Waals surface area contributed by atoms with Crippen LogP contribution in [-0.2, 0) is 4.79 Å². The minimum atomic E-state index is -0.951. The summed E-state index contributed by atoms with van der Waals surface area (Å²) in [6, 6.07) is 4.20. The lowest BCUT2D eigenvalue weighted by atomic mass is 10.1. The van der Waals surface area contributed by atoms with Gasteiger partial charge in [0.05, 0.1) is 12.0 Å². The van der Waals surface area contributed by atoms with Crippen LogP contribution in [0.3, 0.4) is 0 Å². The summed E-state index contributed by atoms with van der Waals surface area (Å²) in [5, 5.41) is 11.2. The van der Waals surface area contributed by atoms with E-state index >= 15 is 0 Å². The fraction of sp³-hybridized carbons (Fsp3) is 0.273. The van der Waals surface area contributed by atoms with E-state index in [4.69, 9.17) is 5.11 Å². The third kappa shape index (κ3) is 3.05. The van der Waals surface area contributed by atoms with Crippen LogP contribution in [0.2, 0.25) is 0 Å². The van der Waals surface area contributed by atoms with Crippen LogP contribution in [0, 0.1) is 5.82 Å². The van der Waals surface area contributed by atoms with Crippen LogP contribution in [0.15, 0.2) is 18.2 Å². The van der Waals surface area contributed by atoms with Gasteiger partial charge in [-0.1, -0.05) is 6.07 Å². The Morgan fingerprint density at radius 1 is 1.44 bits per heavy atom. The summed E-state index contributed by atoms with van der Waals surface area (Å²) in [4.78, 5) is 21.5. The van der Waals surface area contributed by atoms with Crippen molar-refractivity contribution in [2.45, 2.75) is 13.3 Å². The van der Waals surface area contributed by atoms with Crippen LogP contribution < -0.4 is 5.32 Å². The van der Waals surface area contributed by atoms with Crippen molar-refractivity contribution in [3.8, 4) is 0 Å². The number of ketones is 1. The molecule has 0 spiro atoms. The summed E-state index contributed by atoms with van der Waals surface area (Å²) in [7, 11) is 0. The average molecular weight is 225 g/mol. The summed E-state index contributed by atoms with van der Waals surface area (Å²) in [5.74, 6) is -1.95. The van der Waals surface area contributed by atoms with E-state index in [-0.39, 0.29) is 18.5 Å². The standard InChI is InChI=1S/C11H12FNO3/c1-7(14)11-8(12)3-2-4-9(11)13-6-5-10(15)16/h2-4,13H,5-6H2,1H3,(H,15,16). The van der Waals surface area contributed by atoms with Crippen LogP contribution >= 0.6 is 0 Å². The van der Waals surface area contributed by atoms with Crippen molar-refractivity contribution in [3.63, 3.8) is 0 Å². The molecule has 1 rings (SSSR count). The number of benzene rings is 1. The highest BCUT2D eigenvalue weighted by Crippen LogP contribution is 2.19. The number of carbonyl (C=O) groups is 2. The van der Waals surface area contributed by atoms with Crippen molar-refractivity contribution in [2.24, 2.45) is 0 Å². The van der Waals surface area contributed by atoms with Gasteiger partial charge in [0, 0.05) is 12.2 Å². The van der Waals surface area contributed by atoms with Gasteiger partial charge in [0.25, 0.3) is 0 Å². The molecule has 86 valence electrons. The third-order valence-corrected chi connectivity index (χ3v) is 2.02. The molecular weight excluding hydrogens is 213 g/mol. The summed E-state index contributed by atoms with van der Waals surface area (Å²) in [6.07, 6.45) is -0.0894. The number of rotatable bonds is 5. The third-order valence-electron chi connectivity index (χ3n) is 2.02. The molecule has 0 unspecified atom stereocenters. The highest BCUT2D eigenvalue weighted by Gasteiger charge is 2.12. The molecule has 0 atom stereocenters. The number of carboxylic acid groups (broad SMARTS) is 1. The van der Waals surface area contributed by atoms with Crippen LogP contribution in [0.25, 0.3) is 0 Å². The first kappa shape index (κ1) is 12.2. The van der Waals surface area contributed by atoms with Gasteiger partial charge in [0.1, 0.15) is 5.82 Å². The molecule has 0 aliphatic heterocycles. The molecule has 0 radical (unpaired) electrons. The predicted molar refractivity (Wildman–Crippen MR) is 57.1 cm³/mol. The van der Waals surface area contributed by atoms with E-state index in [1.165, 1.54) is 19.1 Å². The minimum absolute atomic E-state index is 0.0344. The second-order valence-electron chi connectivity index (χ2n) is 3.29. The Morgan fingerprint density at radius 3 is 2.69 bits per heavy atom. The Balaban J connectivity index is 2.83. The topological polar surface area (TPSA) is 66.4 Å². The molecule has 5 heteroatoms. The van der Waals surface area contributed by atoms with Gasteiger partial charge in [-0.25, -0.2) is 4.39 Å². The molecule has 0 aliphatic rings. The number of aliphatic carboxylic acids is 1. The van der Waals surface area contributed by atoms with E-state index in [0.717, 1.165) is 0 Å². The van der Waals surface area contributed by atoms with E-state index < -0.39 is 17.6 Å². The van der Waals surface area contributed by atoms with E-state index in [0.29, 0.717) is 5.69 Å². The average Bonchev–Trinajstić information content (AvgIpc) is 2.16. The zero-order valence-electron chi connectivity index (χ0n) is 8.79. The molecule has 0 saturated carbocycles. The molecule has 1 aromatic rings. The van der Waals surface area contributed by atoms with Crippen molar-refractivity contribution in [1.29, 1.82) is 0 Å². The van der Waals surface area contributed by atoms with Gasteiger partial charge in [-0.3, -0.25) is 9.59 Å². The Morgan fingerprint density at radius 2 is 2.12 bits per heavy atom. The zero-order valence-corrected chi connectivity index (χ0v) is 8.79. The van der Waals surface area contributed by atoms with Crippen LogP contribution in [0.5, 0.6) is 0 Å². The van der Waals surface area contributed by atoms with Crippen molar-refractivity contribution in [3.05, 3.63) is 29.6 Å². The van der Waals surface area contributed by atoms with Crippen molar-refractivity contribution in [2.75, 3.05) is 11.9 Å². The fourth-order valence-corrected chi connectivity index (χ4v) is 1.33. The van der Waals surface area contributed by atoms with Crippen LogP contribution in [-0.4, -0.2) is 23.4 Å². The predicted octanol–water partition coefficient (Wildman–Crippen LogP) is 1.91. The van der Waals surface area contributed by atoms with Gasteiger partial charge < -0.3 is 10.4 Å². The first-order valence-corrected chi connectivity index (χ1v) is 4.77. The number of halogens is 1. The number of anilines is 1. The number of carboxylic acids is 1. The van der Waals surface area contributed by atoms with E-state index in [1.54, 1.807) is 6.07 Å². The Hall–Kier alpha value is -1.91. The molecule has 16 heavy (non-hydrogen) atoms. The molecule has 2 N–H and O–H groups in total. The van der Waals surface area contributed by atoms with Crippen LogP contribution in [0.1, 0.15) is 23.7 Å². The Kier molecular flexibility index (Phi) is 3.99. The van der Waals surface area contributed by atoms with Gasteiger partial charge in [0.15, 0.2) is 5.78 Å². The number of hydrogen-bond donors (Lipinski definition) is 2. The summed E-state index contributed by atoms with van der Waals surface area (Å²) in [5.41, 5.74) is 0.293. The van der Waals surface area contributed by atoms with E-state index in [2.05, 4.69) is 5.32 Å². The van der Waals surface area contributed by atoms with E-state index in [1.807, 2.05) is 0 Å². The largest absolute Gasteiger partial charge is 0.481 e. The molecule has 0 aromatic heterocycles. The molecule has 0 aliphatic carbocycles. The first-order chi connectivity index (χ1) is 7.52. The van der Waals surface area contributed by atoms with Crippen LogP contribution in [0.4, 0.5) is 10.1 Å². The number of carbonyl (C=O) groups excluding carboxylic acids is 1. The summed E-state index contributed by atoms with van der Waals surface area (Å²) in [6.45, 7) is 1.42. The first-order valence-electron chi connectivity index (χ1n) is 4.77. The Bertz CT molecular complexity index is 418. The number of hydrogen-bond acceptors (Lipinski definition) is 3. The lowest BCUT2D eigenvalue weighted by Crippen LogP contribution is -2.11. The number of Topliss-reactive ketones (excluding diaryl/α,β-unsaturated/α-hetero) is 1. The smallest absolute Gasteiger partial charge is 0.305 e. The molecule has 4 nitrogen and oxygen atoms in total. The molecule has 0 saturated heterocycles. The summed E-state index contributed by atoms with van der Waals surface area (Å²) >= 11 is 0. The van der Waals surface area contributed by atoms with Gasteiger partial charge in [0.2, 0.25) is 0 Å². The number of nitrogens with one attached hydrogen (secondary N) is 1. The zero-order chi connectivity index (χ0) is 12.1. The molecule has 1 aromatic carbocycles. The maximum absolute atomic E-state index is 13.3. The van der Waals surface area contributed by atoms with Crippen molar-refractivity contribution in [1.82, 2.24) is 0 Å². The lowest BCUT2D eigenvalue weighted by Gasteiger charge is -2.09. The normalized spacial score (nSPS) is 9.88. The quantitative estimate of drug-likeness (QED) is 0.751. The molecule has 0 amide bonds. The second kappa shape index (κ2) is 5.25. The van der Waals surface area contributed by atoms with Gasteiger partial charge in [-0.15, -0.1) is 0 Å². The summed E-state index contributed by atoms with van der Waals surface area (Å²) < 4.78 is 13.3. The fourth-order valence-electron chi connectivity index (χ4n) is 1.33. The molecule has 0 fully saturated rings. The Labute approximate surface area is 92.1 Å². The minimum Gasteiger partial charge on any atom is -0.481 e. The highest BCUT2D eigenvalue weighted by molar-refractivity contribution is 5.99. The lowest BCUT2D eigenvalue weighted by molar-refractivity contribution is -0.136. The highest BCUT2D eigenvalue weighted by atomic mass is 19.1. The maximum Gasteiger partial charge on any atom is 0.305 e. The molecule has 0 bridgehead atoms.